The van der Waals surface area contributed by atoms with Crippen LogP contribution in [-0.4, -0.2) is 12.4 Å². The van der Waals surface area contributed by atoms with Gasteiger partial charge in [-0.05, 0) is 43.3 Å². The van der Waals surface area contributed by atoms with Gasteiger partial charge in [0, 0.05) is 17.1 Å². The molecule has 21 heavy (non-hydrogen) atoms. The normalized spacial score (nSPS) is 11.4. The quantitative estimate of drug-likeness (QED) is 0.681. The number of terminal acetylenes is 1. The third-order valence-electron chi connectivity index (χ3n) is 3.40. The average Bonchev–Trinajstić information content (AvgIpc) is 2.91. The highest BCUT2D eigenvalue weighted by atomic mass is 32.2. The Morgan fingerprint density at radius 2 is 1.76 bits per heavy atom. The molecule has 1 aromatic heterocycles. The van der Waals surface area contributed by atoms with Crippen molar-refractivity contribution in [3.05, 3.63) is 65.9 Å². The van der Waals surface area contributed by atoms with E-state index < -0.39 is 10.0 Å². The van der Waals surface area contributed by atoms with Crippen LogP contribution in [0.25, 0.3) is 10.9 Å². The number of hydrogen-bond acceptors (Lipinski definition) is 2. The van der Waals surface area contributed by atoms with Crippen molar-refractivity contribution in [2.75, 3.05) is 0 Å². The summed E-state index contributed by atoms with van der Waals surface area (Å²) in [6.07, 6.45) is 6.92. The minimum absolute atomic E-state index is 0.270. The lowest BCUT2D eigenvalue weighted by Gasteiger charge is -2.08. The van der Waals surface area contributed by atoms with Gasteiger partial charge in [0.15, 0.2) is 0 Å². The highest BCUT2D eigenvalue weighted by Gasteiger charge is 2.18. The van der Waals surface area contributed by atoms with E-state index in [4.69, 9.17) is 6.42 Å². The summed E-state index contributed by atoms with van der Waals surface area (Å²) in [7, 11) is -3.59. The van der Waals surface area contributed by atoms with Gasteiger partial charge >= 0.3 is 0 Å². The lowest BCUT2D eigenvalue weighted by molar-refractivity contribution is 0.589. The van der Waals surface area contributed by atoms with Gasteiger partial charge in [0.1, 0.15) is 0 Å². The molecule has 104 valence electrons. The fourth-order valence-corrected chi connectivity index (χ4v) is 3.59. The Bertz CT molecular complexity index is 958. The Morgan fingerprint density at radius 3 is 2.43 bits per heavy atom. The second-order valence-corrected chi connectivity index (χ2v) is 6.66. The van der Waals surface area contributed by atoms with Crippen molar-refractivity contribution < 1.29 is 8.42 Å². The van der Waals surface area contributed by atoms with Gasteiger partial charge in [-0.2, -0.15) is 0 Å². The minimum Gasteiger partial charge on any atom is -0.241 e. The van der Waals surface area contributed by atoms with Crippen molar-refractivity contribution in [1.29, 1.82) is 0 Å². The maximum Gasteiger partial charge on any atom is 0.268 e. The Balaban J connectivity index is 2.20. The van der Waals surface area contributed by atoms with E-state index in [-0.39, 0.29) is 4.90 Å². The number of rotatable bonds is 2. The summed E-state index contributed by atoms with van der Waals surface area (Å²) in [6, 6.07) is 13.8. The molecule has 0 N–H and O–H groups in total. The first-order chi connectivity index (χ1) is 10.0. The summed E-state index contributed by atoms with van der Waals surface area (Å²) in [6.45, 7) is 1.92. The molecule has 4 heteroatoms. The predicted octanol–water partition coefficient (Wildman–Crippen LogP) is 3.17. The van der Waals surface area contributed by atoms with Crippen LogP contribution in [0, 0.1) is 19.3 Å². The summed E-state index contributed by atoms with van der Waals surface area (Å²) in [5.74, 6) is 2.55. The van der Waals surface area contributed by atoms with E-state index in [1.807, 2.05) is 6.92 Å². The van der Waals surface area contributed by atoms with Crippen LogP contribution >= 0.6 is 0 Å². The van der Waals surface area contributed by atoms with E-state index in [2.05, 4.69) is 5.92 Å². The van der Waals surface area contributed by atoms with Crippen LogP contribution in [0.3, 0.4) is 0 Å². The Kier molecular flexibility index (Phi) is 3.08. The van der Waals surface area contributed by atoms with Gasteiger partial charge in [-0.15, -0.1) is 6.42 Å². The van der Waals surface area contributed by atoms with E-state index in [0.717, 1.165) is 16.5 Å². The second kappa shape index (κ2) is 4.80. The van der Waals surface area contributed by atoms with Gasteiger partial charge in [0.25, 0.3) is 10.0 Å². The first kappa shape index (κ1) is 13.5. The second-order valence-electron chi connectivity index (χ2n) is 4.85. The molecule has 2 aromatic carbocycles. The van der Waals surface area contributed by atoms with E-state index in [9.17, 15) is 8.42 Å². The van der Waals surface area contributed by atoms with Gasteiger partial charge in [-0.3, -0.25) is 0 Å². The van der Waals surface area contributed by atoms with Crippen LogP contribution < -0.4 is 0 Å². The van der Waals surface area contributed by atoms with Crippen LogP contribution in [0.5, 0.6) is 0 Å². The van der Waals surface area contributed by atoms with Crippen LogP contribution in [0.4, 0.5) is 0 Å². The predicted molar refractivity (Wildman–Crippen MR) is 83.6 cm³/mol. The highest BCUT2D eigenvalue weighted by Crippen LogP contribution is 2.23. The average molecular weight is 295 g/mol. The molecule has 0 saturated carbocycles. The highest BCUT2D eigenvalue weighted by molar-refractivity contribution is 7.90. The minimum atomic E-state index is -3.59. The van der Waals surface area contributed by atoms with Crippen molar-refractivity contribution in [1.82, 2.24) is 3.97 Å². The molecule has 0 bridgehead atoms. The molecule has 3 aromatic rings. The molecule has 0 atom stereocenters. The Hall–Kier alpha value is -2.51. The van der Waals surface area contributed by atoms with Crippen LogP contribution in [0.1, 0.15) is 11.1 Å². The third kappa shape index (κ3) is 2.22. The van der Waals surface area contributed by atoms with Crippen molar-refractivity contribution in [3.63, 3.8) is 0 Å². The van der Waals surface area contributed by atoms with Gasteiger partial charge < -0.3 is 0 Å². The van der Waals surface area contributed by atoms with Crippen molar-refractivity contribution in [2.45, 2.75) is 11.8 Å². The number of benzene rings is 2. The Labute approximate surface area is 123 Å². The molecule has 0 fully saturated rings. The molecule has 3 rings (SSSR count). The van der Waals surface area contributed by atoms with Gasteiger partial charge in [-0.1, -0.05) is 23.6 Å². The van der Waals surface area contributed by atoms with E-state index >= 15 is 0 Å². The first-order valence-electron chi connectivity index (χ1n) is 6.42. The maximum absolute atomic E-state index is 12.7. The summed E-state index contributed by atoms with van der Waals surface area (Å²) < 4.78 is 26.7. The Morgan fingerprint density at radius 1 is 1.05 bits per heavy atom. The smallest absolute Gasteiger partial charge is 0.241 e. The fraction of sp³-hybridized carbons (Fsp3) is 0.0588. The molecule has 0 saturated heterocycles. The molecule has 0 unspecified atom stereocenters. The lowest BCUT2D eigenvalue weighted by Crippen LogP contribution is -2.11. The molecule has 0 radical (unpaired) electrons. The summed E-state index contributed by atoms with van der Waals surface area (Å²) >= 11 is 0. The maximum atomic E-state index is 12.7. The van der Waals surface area contributed by atoms with Crippen LogP contribution in [0.15, 0.2) is 59.6 Å². The molecule has 0 aliphatic heterocycles. The van der Waals surface area contributed by atoms with Gasteiger partial charge in [0.2, 0.25) is 0 Å². The number of nitrogens with zero attached hydrogens (tertiary/aromatic N) is 1. The van der Waals surface area contributed by atoms with E-state index in [1.54, 1.807) is 54.7 Å². The number of aromatic nitrogens is 1. The zero-order valence-electron chi connectivity index (χ0n) is 11.4. The summed E-state index contributed by atoms with van der Waals surface area (Å²) in [5.41, 5.74) is 2.37. The van der Waals surface area contributed by atoms with Crippen molar-refractivity contribution in [3.8, 4) is 12.3 Å². The monoisotopic (exact) mass is 295 g/mol. The SMILES string of the molecule is C#Cc1ccc2c(ccn2S(=O)(=O)c2ccc(C)cc2)c1. The molecule has 1 heterocycles. The lowest BCUT2D eigenvalue weighted by atomic mass is 10.2. The zero-order chi connectivity index (χ0) is 15.0. The first-order valence-corrected chi connectivity index (χ1v) is 7.86. The molecule has 0 aliphatic carbocycles. The van der Waals surface area contributed by atoms with Gasteiger partial charge in [0.05, 0.1) is 10.4 Å². The fourth-order valence-electron chi connectivity index (χ4n) is 2.24. The molecular weight excluding hydrogens is 282 g/mol. The van der Waals surface area contributed by atoms with E-state index in [1.165, 1.54) is 3.97 Å². The topological polar surface area (TPSA) is 39.1 Å². The standard InChI is InChI=1S/C17H13NO2S/c1-3-14-6-9-17-15(12-14)10-11-18(17)21(19,20)16-7-4-13(2)5-8-16/h1,4-12H,2H3. The number of hydrogen-bond donors (Lipinski definition) is 0. The molecule has 0 spiro atoms. The number of aryl methyl sites for hydroxylation is 1. The molecule has 0 aliphatic rings. The van der Waals surface area contributed by atoms with E-state index in [0.29, 0.717) is 5.52 Å². The molecule has 0 amide bonds. The van der Waals surface area contributed by atoms with Crippen LogP contribution in [-0.2, 0) is 10.0 Å². The summed E-state index contributed by atoms with van der Waals surface area (Å²) in [4.78, 5) is 0.270. The van der Waals surface area contributed by atoms with Crippen molar-refractivity contribution >= 4 is 20.9 Å². The molecule has 3 nitrogen and oxygen atoms in total. The van der Waals surface area contributed by atoms with Gasteiger partial charge in [-0.25, -0.2) is 12.4 Å². The molecular formula is C17H13NO2S. The number of fused-ring (bicyclic) bond motifs is 1. The van der Waals surface area contributed by atoms with Crippen molar-refractivity contribution in [2.24, 2.45) is 0 Å². The van der Waals surface area contributed by atoms with Crippen LogP contribution in [0.2, 0.25) is 0 Å². The zero-order valence-corrected chi connectivity index (χ0v) is 12.3. The summed E-state index contributed by atoms with van der Waals surface area (Å²) in [5, 5.41) is 0.807. The third-order valence-corrected chi connectivity index (χ3v) is 5.10. The largest absolute Gasteiger partial charge is 0.268 e.